The number of hydrogen-bond acceptors (Lipinski definition) is 5. The monoisotopic (exact) mass is 469 g/mol. The van der Waals surface area contributed by atoms with Crippen molar-refractivity contribution >= 4 is 40.0 Å². The van der Waals surface area contributed by atoms with Gasteiger partial charge in [-0.15, -0.1) is 0 Å². The first-order valence-electron chi connectivity index (χ1n) is 9.57. The lowest BCUT2D eigenvalue weighted by atomic mass is 10.1. The van der Waals surface area contributed by atoms with E-state index in [2.05, 4.69) is 10.4 Å². The molecule has 3 amide bonds. The van der Waals surface area contributed by atoms with E-state index in [-0.39, 0.29) is 29.8 Å². The maximum atomic E-state index is 13.4. The number of hydroxylamine groups is 2. The minimum Gasteiger partial charge on any atom is -0.320 e. The Labute approximate surface area is 185 Å². The highest BCUT2D eigenvalue weighted by Gasteiger charge is 2.35. The van der Waals surface area contributed by atoms with Crippen LogP contribution >= 0.6 is 11.6 Å². The van der Waals surface area contributed by atoms with Gasteiger partial charge < -0.3 is 10.2 Å². The van der Waals surface area contributed by atoms with Gasteiger partial charge in [-0.1, -0.05) is 11.6 Å². The molecule has 1 aromatic carbocycles. The Balaban J connectivity index is 1.56. The number of hydrogen-bond donors (Lipinski definition) is 1. The first-order valence-corrected chi connectivity index (χ1v) is 11.7. The topological polar surface area (TPSA) is 96.8 Å². The average Bonchev–Trinajstić information content (AvgIpc) is 3.01. The van der Waals surface area contributed by atoms with Gasteiger partial charge in [0.15, 0.2) is 0 Å². The highest BCUT2D eigenvalue weighted by Crippen LogP contribution is 2.27. The largest absolute Gasteiger partial charge is 0.322 e. The number of nitrogens with one attached hydrogen (secondary N) is 1. The summed E-state index contributed by atoms with van der Waals surface area (Å²) in [7, 11) is 0.412. The molecule has 1 aromatic heterocycles. The molecule has 2 aromatic rings. The molecule has 2 aliphatic rings. The third-order valence-electron chi connectivity index (χ3n) is 5.15. The van der Waals surface area contributed by atoms with E-state index in [0.717, 1.165) is 10.8 Å². The number of aromatic nitrogens is 2. The molecule has 2 atom stereocenters. The van der Waals surface area contributed by atoms with Crippen LogP contribution < -0.4 is 5.32 Å². The Hall–Kier alpha value is -2.50. The molecule has 0 saturated carbocycles. The number of nitrogens with zero attached hydrogens (tertiary/aromatic N) is 4. The van der Waals surface area contributed by atoms with Crippen LogP contribution in [0.4, 0.5) is 14.9 Å². The fraction of sp³-hybridized carbons (Fsp3) is 0.421. The first kappa shape index (κ1) is 21.7. The molecule has 31 heavy (non-hydrogen) atoms. The van der Waals surface area contributed by atoms with Gasteiger partial charge >= 0.3 is 6.03 Å². The van der Waals surface area contributed by atoms with Crippen molar-refractivity contribution in [3.63, 3.8) is 0 Å². The molecular formula is C19H21ClFN5O4S. The van der Waals surface area contributed by atoms with Gasteiger partial charge in [0, 0.05) is 48.3 Å². The summed E-state index contributed by atoms with van der Waals surface area (Å²) in [4.78, 5) is 32.9. The zero-order valence-corrected chi connectivity index (χ0v) is 18.5. The molecule has 0 spiro atoms. The van der Waals surface area contributed by atoms with E-state index in [9.17, 15) is 18.2 Å². The van der Waals surface area contributed by atoms with Gasteiger partial charge in [0.25, 0.3) is 5.91 Å². The second kappa shape index (κ2) is 8.56. The number of carbonyl (C=O) groups is 2. The standard InChI is InChI=1S/C19H21ClFN5O4S/c1-24-18(27)17-13-9-25(19(28)22-11-3-4-15(21)14(20)7-11)6-5-16(13)23-26(17)8-12(30-24)10-31(2)29/h3-4,7,12H,5-6,8-10H2,1-2H3,(H,22,28)/t12-,31+/m1/s1. The van der Waals surface area contributed by atoms with Crippen molar-refractivity contribution in [3.8, 4) is 0 Å². The van der Waals surface area contributed by atoms with Gasteiger partial charge in [-0.25, -0.2) is 14.2 Å². The molecule has 0 unspecified atom stereocenters. The molecule has 0 fully saturated rings. The van der Waals surface area contributed by atoms with Gasteiger partial charge in [-0.2, -0.15) is 5.10 Å². The summed E-state index contributed by atoms with van der Waals surface area (Å²) in [5.74, 6) is -0.665. The number of fused-ring (bicyclic) bond motifs is 3. The number of amides is 3. The van der Waals surface area contributed by atoms with Gasteiger partial charge in [0.05, 0.1) is 29.6 Å². The predicted molar refractivity (Wildman–Crippen MR) is 113 cm³/mol. The Morgan fingerprint density at radius 2 is 2.23 bits per heavy atom. The fourth-order valence-corrected chi connectivity index (χ4v) is 4.61. The minimum absolute atomic E-state index is 0.0862. The molecule has 12 heteroatoms. The van der Waals surface area contributed by atoms with Crippen LogP contribution in [0.3, 0.4) is 0 Å². The van der Waals surface area contributed by atoms with E-state index in [1.165, 1.54) is 25.2 Å². The number of carbonyl (C=O) groups excluding carboxylic acids is 2. The number of rotatable bonds is 3. The molecule has 0 saturated heterocycles. The maximum absolute atomic E-state index is 13.4. The molecule has 1 N–H and O–H groups in total. The van der Waals surface area contributed by atoms with Crippen molar-refractivity contribution in [3.05, 3.63) is 46.0 Å². The van der Waals surface area contributed by atoms with Crippen molar-refractivity contribution in [2.24, 2.45) is 0 Å². The summed E-state index contributed by atoms with van der Waals surface area (Å²) < 4.78 is 26.6. The van der Waals surface area contributed by atoms with Gasteiger partial charge in [-0.05, 0) is 18.2 Å². The second-order valence-corrected chi connectivity index (χ2v) is 9.34. The summed E-state index contributed by atoms with van der Waals surface area (Å²) >= 11 is 5.78. The quantitative estimate of drug-likeness (QED) is 0.742. The van der Waals surface area contributed by atoms with Gasteiger partial charge in [0.1, 0.15) is 17.6 Å². The third kappa shape index (κ3) is 4.43. The van der Waals surface area contributed by atoms with Crippen molar-refractivity contribution < 1.29 is 23.0 Å². The number of anilines is 1. The summed E-state index contributed by atoms with van der Waals surface area (Å²) in [6, 6.07) is 3.55. The van der Waals surface area contributed by atoms with Crippen molar-refractivity contribution in [1.29, 1.82) is 0 Å². The second-order valence-electron chi connectivity index (χ2n) is 7.46. The van der Waals surface area contributed by atoms with E-state index in [1.807, 2.05) is 0 Å². The Morgan fingerprint density at radius 1 is 1.45 bits per heavy atom. The van der Waals surface area contributed by atoms with Crippen molar-refractivity contribution in [2.75, 3.05) is 30.9 Å². The smallest absolute Gasteiger partial charge is 0.320 e. The van der Waals surface area contributed by atoms with Crippen LogP contribution in [0.25, 0.3) is 0 Å². The molecule has 0 bridgehead atoms. The van der Waals surface area contributed by atoms with Crippen molar-refractivity contribution in [2.45, 2.75) is 25.6 Å². The van der Waals surface area contributed by atoms with Crippen LogP contribution in [-0.2, 0) is 35.1 Å². The van der Waals surface area contributed by atoms with Crippen LogP contribution in [-0.4, -0.2) is 67.6 Å². The fourth-order valence-electron chi connectivity index (χ4n) is 3.74. The van der Waals surface area contributed by atoms with Crippen LogP contribution in [0.1, 0.15) is 21.7 Å². The van der Waals surface area contributed by atoms with Crippen LogP contribution in [0.2, 0.25) is 5.02 Å². The van der Waals surface area contributed by atoms with E-state index >= 15 is 0 Å². The van der Waals surface area contributed by atoms with E-state index in [1.54, 1.807) is 15.8 Å². The van der Waals surface area contributed by atoms with Crippen LogP contribution in [0.5, 0.6) is 0 Å². The lowest BCUT2D eigenvalue weighted by molar-refractivity contribution is -0.140. The molecule has 2 aliphatic heterocycles. The van der Waals surface area contributed by atoms with Crippen LogP contribution in [0.15, 0.2) is 18.2 Å². The molecule has 4 rings (SSSR count). The SMILES string of the molecule is CN1O[C@@H](C[S@](C)=O)Cn2nc3c(c2C1=O)CN(C(=O)Nc1ccc(F)c(Cl)c1)CC3. The number of halogens is 2. The van der Waals surface area contributed by atoms with Gasteiger partial charge in [0.2, 0.25) is 0 Å². The van der Waals surface area contributed by atoms with Crippen LogP contribution in [0, 0.1) is 5.82 Å². The number of benzene rings is 1. The third-order valence-corrected chi connectivity index (χ3v) is 6.28. The summed E-state index contributed by atoms with van der Waals surface area (Å²) in [6.07, 6.45) is 1.61. The Bertz CT molecular complexity index is 1080. The Kier molecular flexibility index (Phi) is 6.00. The molecule has 166 valence electrons. The number of urea groups is 1. The molecule has 0 aliphatic carbocycles. The zero-order chi connectivity index (χ0) is 22.3. The summed E-state index contributed by atoms with van der Waals surface area (Å²) in [5, 5.41) is 8.31. The van der Waals surface area contributed by atoms with E-state index < -0.39 is 28.8 Å². The highest BCUT2D eigenvalue weighted by molar-refractivity contribution is 7.84. The summed E-state index contributed by atoms with van der Waals surface area (Å²) in [6.45, 7) is 0.890. The first-order chi connectivity index (χ1) is 14.7. The van der Waals surface area contributed by atoms with Crippen molar-refractivity contribution in [1.82, 2.24) is 19.7 Å². The average molecular weight is 470 g/mol. The maximum Gasteiger partial charge on any atom is 0.322 e. The summed E-state index contributed by atoms with van der Waals surface area (Å²) in [5.41, 5.74) is 2.15. The molecule has 9 nitrogen and oxygen atoms in total. The van der Waals surface area contributed by atoms with Gasteiger partial charge in [-0.3, -0.25) is 18.5 Å². The molecule has 0 radical (unpaired) electrons. The Morgan fingerprint density at radius 3 is 2.94 bits per heavy atom. The molecule has 3 heterocycles. The lowest BCUT2D eigenvalue weighted by Crippen LogP contribution is -2.39. The minimum atomic E-state index is -1.10. The van der Waals surface area contributed by atoms with E-state index in [4.69, 9.17) is 16.4 Å². The zero-order valence-electron chi connectivity index (χ0n) is 16.9. The highest BCUT2D eigenvalue weighted by atomic mass is 35.5. The normalized spacial score (nSPS) is 19.5. The lowest BCUT2D eigenvalue weighted by Gasteiger charge is -2.27. The van der Waals surface area contributed by atoms with E-state index in [0.29, 0.717) is 29.9 Å². The predicted octanol–water partition coefficient (Wildman–Crippen LogP) is 2.03. The molecular weight excluding hydrogens is 449 g/mol.